The highest BCUT2D eigenvalue weighted by atomic mass is 35.5. The van der Waals surface area contributed by atoms with E-state index in [0.717, 1.165) is 31.9 Å². The van der Waals surface area contributed by atoms with E-state index >= 15 is 0 Å². The zero-order valence-electron chi connectivity index (χ0n) is 18.2. The van der Waals surface area contributed by atoms with Crippen molar-refractivity contribution in [3.63, 3.8) is 0 Å². The van der Waals surface area contributed by atoms with Gasteiger partial charge in [-0.3, -0.25) is 8.98 Å². The van der Waals surface area contributed by atoms with Gasteiger partial charge < -0.3 is 14.2 Å². The smallest absolute Gasteiger partial charge is 0.306 e. The highest BCUT2D eigenvalue weighted by Gasteiger charge is 2.44. The molecule has 7 nitrogen and oxygen atoms in total. The van der Waals surface area contributed by atoms with E-state index in [1.807, 2.05) is 12.2 Å². The Morgan fingerprint density at radius 3 is 2.74 bits per heavy atom. The van der Waals surface area contributed by atoms with Gasteiger partial charge in [0.2, 0.25) is 0 Å². The number of halogens is 1. The number of carbonyl (C=O) groups excluding carboxylic acids is 1. The van der Waals surface area contributed by atoms with Crippen molar-refractivity contribution >= 4 is 27.7 Å². The van der Waals surface area contributed by atoms with E-state index in [1.165, 1.54) is 0 Å². The number of esters is 1. The second-order valence-electron chi connectivity index (χ2n) is 8.11. The Morgan fingerprint density at radius 1 is 1.26 bits per heavy atom. The normalized spacial score (nSPS) is 29.3. The summed E-state index contributed by atoms with van der Waals surface area (Å²) in [6.07, 6.45) is 12.3. The molecular formula is C22H35ClO7S. The minimum absolute atomic E-state index is 0.0332. The van der Waals surface area contributed by atoms with Crippen molar-refractivity contribution in [2.75, 3.05) is 26.1 Å². The molecule has 1 aliphatic carbocycles. The van der Waals surface area contributed by atoms with E-state index in [4.69, 9.17) is 30.0 Å². The van der Waals surface area contributed by atoms with Crippen molar-refractivity contribution in [3.8, 4) is 0 Å². The molecule has 2 fully saturated rings. The van der Waals surface area contributed by atoms with Crippen LogP contribution in [0.3, 0.4) is 0 Å². The van der Waals surface area contributed by atoms with E-state index in [0.29, 0.717) is 32.3 Å². The van der Waals surface area contributed by atoms with Crippen LogP contribution < -0.4 is 0 Å². The second kappa shape index (κ2) is 13.6. The first kappa shape index (κ1) is 26.3. The summed E-state index contributed by atoms with van der Waals surface area (Å²) in [5, 5.41) is -0.139. The number of allylic oxidation sites excluding steroid dienone is 2. The van der Waals surface area contributed by atoms with E-state index in [1.54, 1.807) is 6.08 Å². The summed E-state index contributed by atoms with van der Waals surface area (Å²) in [5.41, 5.74) is 0. The van der Waals surface area contributed by atoms with Crippen LogP contribution >= 0.6 is 11.6 Å². The molecule has 178 valence electrons. The summed E-state index contributed by atoms with van der Waals surface area (Å²) >= 11 is 6.64. The van der Waals surface area contributed by atoms with Gasteiger partial charge in [0, 0.05) is 24.3 Å². The number of hydrogen-bond donors (Lipinski definition) is 0. The summed E-state index contributed by atoms with van der Waals surface area (Å²) in [4.78, 5) is 11.5. The third-order valence-corrected chi connectivity index (χ3v) is 6.64. The maximum absolute atomic E-state index is 11.5. The van der Waals surface area contributed by atoms with Crippen molar-refractivity contribution in [2.45, 2.75) is 69.1 Å². The predicted octanol–water partition coefficient (Wildman–Crippen LogP) is 3.96. The summed E-state index contributed by atoms with van der Waals surface area (Å²) in [6.45, 7) is 4.47. The fraction of sp³-hybridized carbons (Fsp3) is 0.773. The molecule has 0 spiro atoms. The molecule has 1 heterocycles. The predicted molar refractivity (Wildman–Crippen MR) is 119 cm³/mol. The molecule has 1 unspecified atom stereocenters. The first-order valence-electron chi connectivity index (χ1n) is 11.0. The van der Waals surface area contributed by atoms with Crippen LogP contribution in [-0.2, 0) is 33.3 Å². The van der Waals surface area contributed by atoms with Gasteiger partial charge in [0.1, 0.15) is 6.61 Å². The Hall–Kier alpha value is -0.930. The molecule has 1 saturated heterocycles. The SMILES string of the molecule is C=CCOC(=O)CCC/C=C\C[C@@H]1[C@@H](COS(C)(=O)=O)[C@H](OC2CCCCO2)C[C@H]1Cl. The van der Waals surface area contributed by atoms with Crippen LogP contribution in [0.2, 0.25) is 0 Å². The van der Waals surface area contributed by atoms with Crippen molar-refractivity contribution in [3.05, 3.63) is 24.8 Å². The average molecular weight is 479 g/mol. The summed E-state index contributed by atoms with van der Waals surface area (Å²) in [7, 11) is -3.55. The number of carbonyl (C=O) groups is 1. The Balaban J connectivity index is 1.87. The first-order chi connectivity index (χ1) is 14.8. The van der Waals surface area contributed by atoms with Crippen molar-refractivity contribution in [2.24, 2.45) is 11.8 Å². The molecule has 0 aromatic heterocycles. The largest absolute Gasteiger partial charge is 0.461 e. The molecule has 5 atom stereocenters. The standard InChI is InChI=1S/C22H35ClO7S/c1-3-13-27-21(24)11-7-5-4-6-10-17-18(16-29-31(2,25)26)20(15-19(17)23)30-22-12-8-9-14-28-22/h3-4,6,17-20,22H,1,5,7-16H2,2H3/b6-4-/t17-,18-,19-,20-,22?/m1/s1. The Labute approximate surface area is 191 Å². The second-order valence-corrected chi connectivity index (χ2v) is 10.3. The Kier molecular flexibility index (Phi) is 11.5. The molecule has 9 heteroatoms. The van der Waals surface area contributed by atoms with Crippen LogP contribution in [0.4, 0.5) is 0 Å². The monoisotopic (exact) mass is 478 g/mol. The van der Waals surface area contributed by atoms with Crippen LogP contribution in [-0.4, -0.2) is 58.2 Å². The molecule has 0 bridgehead atoms. The number of unbranched alkanes of at least 4 members (excludes halogenated alkanes) is 1. The van der Waals surface area contributed by atoms with E-state index in [9.17, 15) is 13.2 Å². The molecule has 0 radical (unpaired) electrons. The molecule has 2 rings (SSSR count). The molecule has 2 aliphatic rings. The van der Waals surface area contributed by atoms with Gasteiger partial charge >= 0.3 is 5.97 Å². The summed E-state index contributed by atoms with van der Waals surface area (Å²) in [5.74, 6) is -0.333. The molecule has 1 aliphatic heterocycles. The maximum Gasteiger partial charge on any atom is 0.306 e. The first-order valence-corrected chi connectivity index (χ1v) is 13.2. The lowest BCUT2D eigenvalue weighted by atomic mass is 9.92. The third kappa shape index (κ3) is 10.0. The van der Waals surface area contributed by atoms with Gasteiger partial charge in [-0.05, 0) is 50.9 Å². The highest BCUT2D eigenvalue weighted by molar-refractivity contribution is 7.85. The molecule has 0 aromatic rings. The van der Waals surface area contributed by atoms with Gasteiger partial charge in [-0.25, -0.2) is 0 Å². The number of alkyl halides is 1. The molecule has 0 N–H and O–H groups in total. The Bertz CT molecular complexity index is 688. The zero-order chi connectivity index (χ0) is 22.7. The van der Waals surface area contributed by atoms with Gasteiger partial charge in [0.25, 0.3) is 10.1 Å². The van der Waals surface area contributed by atoms with Gasteiger partial charge in [0.05, 0.1) is 19.0 Å². The number of rotatable bonds is 13. The van der Waals surface area contributed by atoms with E-state index in [2.05, 4.69) is 6.58 Å². The molecular weight excluding hydrogens is 444 g/mol. The number of ether oxygens (including phenoxy) is 3. The van der Waals surface area contributed by atoms with Crippen LogP contribution in [0.25, 0.3) is 0 Å². The molecule has 0 aromatic carbocycles. The van der Waals surface area contributed by atoms with Crippen molar-refractivity contribution < 1.29 is 31.6 Å². The Morgan fingerprint density at radius 2 is 2.06 bits per heavy atom. The van der Waals surface area contributed by atoms with Crippen molar-refractivity contribution in [1.29, 1.82) is 0 Å². The van der Waals surface area contributed by atoms with Crippen LogP contribution in [0.15, 0.2) is 24.8 Å². The fourth-order valence-corrected chi connectivity index (χ4v) is 4.87. The highest BCUT2D eigenvalue weighted by Crippen LogP contribution is 2.41. The lowest BCUT2D eigenvalue weighted by molar-refractivity contribution is -0.197. The fourth-order valence-electron chi connectivity index (χ4n) is 4.00. The van der Waals surface area contributed by atoms with Crippen molar-refractivity contribution in [1.82, 2.24) is 0 Å². The zero-order valence-corrected chi connectivity index (χ0v) is 19.8. The average Bonchev–Trinajstić information content (AvgIpc) is 3.01. The van der Waals surface area contributed by atoms with Crippen LogP contribution in [0.1, 0.15) is 51.4 Å². The minimum Gasteiger partial charge on any atom is -0.461 e. The summed E-state index contributed by atoms with van der Waals surface area (Å²) < 4.78 is 45.0. The van der Waals surface area contributed by atoms with E-state index in [-0.39, 0.29) is 48.8 Å². The van der Waals surface area contributed by atoms with Gasteiger partial charge in [-0.1, -0.05) is 24.8 Å². The quantitative estimate of drug-likeness (QED) is 0.130. The number of hydrogen-bond acceptors (Lipinski definition) is 7. The topological polar surface area (TPSA) is 88.1 Å². The van der Waals surface area contributed by atoms with E-state index < -0.39 is 10.1 Å². The molecule has 0 amide bonds. The minimum atomic E-state index is -3.55. The van der Waals surface area contributed by atoms with Gasteiger partial charge in [-0.15, -0.1) is 11.6 Å². The third-order valence-electron chi connectivity index (χ3n) is 5.58. The van der Waals surface area contributed by atoms with Gasteiger partial charge in [-0.2, -0.15) is 8.42 Å². The van der Waals surface area contributed by atoms with Crippen LogP contribution in [0, 0.1) is 11.8 Å². The maximum atomic E-state index is 11.5. The van der Waals surface area contributed by atoms with Crippen LogP contribution in [0.5, 0.6) is 0 Å². The molecule has 31 heavy (non-hydrogen) atoms. The lowest BCUT2D eigenvalue weighted by Gasteiger charge is -2.30. The molecule has 1 saturated carbocycles. The van der Waals surface area contributed by atoms with Gasteiger partial charge in [0.15, 0.2) is 6.29 Å². The lowest BCUT2D eigenvalue weighted by Crippen LogP contribution is -2.34. The summed E-state index contributed by atoms with van der Waals surface area (Å²) in [6, 6.07) is 0.